The first-order chi connectivity index (χ1) is 10.1. The van der Waals surface area contributed by atoms with E-state index in [1.54, 1.807) is 30.3 Å². The van der Waals surface area contributed by atoms with Crippen LogP contribution in [0.5, 0.6) is 0 Å². The van der Waals surface area contributed by atoms with Crippen LogP contribution in [0.1, 0.15) is 0 Å². The molecule has 0 saturated heterocycles. The summed E-state index contributed by atoms with van der Waals surface area (Å²) in [5, 5.41) is 11.5. The molecule has 0 aromatic heterocycles. The molecule has 0 radical (unpaired) electrons. The third-order valence-electron chi connectivity index (χ3n) is 2.82. The molecule has 108 valence electrons. The summed E-state index contributed by atoms with van der Waals surface area (Å²) in [5.74, 6) is 5.22. The van der Waals surface area contributed by atoms with Gasteiger partial charge in [0.1, 0.15) is 5.69 Å². The van der Waals surface area contributed by atoms with Gasteiger partial charge in [-0.05, 0) is 36.4 Å². The Morgan fingerprint density at radius 1 is 1.19 bits per heavy atom. The second-order valence-electron chi connectivity index (χ2n) is 4.05. The summed E-state index contributed by atoms with van der Waals surface area (Å²) >= 11 is 5.79. The van der Waals surface area contributed by atoms with E-state index in [0.29, 0.717) is 22.8 Å². The van der Waals surface area contributed by atoms with Gasteiger partial charge in [-0.1, -0.05) is 11.6 Å². The molecule has 0 heterocycles. The molecule has 0 unspecified atom stereocenters. The number of carbonyl (C=O) groups excluding carboxylic acids is 1. The minimum Gasteiger partial charge on any atom is -0.318 e. The van der Waals surface area contributed by atoms with Crippen molar-refractivity contribution in [2.24, 2.45) is 5.84 Å². The quantitative estimate of drug-likeness (QED) is 0.383. The van der Waals surface area contributed by atoms with Crippen molar-refractivity contribution in [1.29, 1.82) is 0 Å². The summed E-state index contributed by atoms with van der Waals surface area (Å²) in [6.07, 6.45) is 0.567. The number of nitro benzene ring substituents is 1. The predicted molar refractivity (Wildman–Crippen MR) is 80.6 cm³/mol. The van der Waals surface area contributed by atoms with Crippen molar-refractivity contribution in [3.8, 4) is 0 Å². The number of hydrogen-bond donors (Lipinski definition) is 2. The van der Waals surface area contributed by atoms with Crippen molar-refractivity contribution in [3.05, 3.63) is 57.6 Å². The molecule has 2 aromatic carbocycles. The van der Waals surface area contributed by atoms with Crippen molar-refractivity contribution in [1.82, 2.24) is 0 Å². The maximum Gasteiger partial charge on any atom is 0.295 e. The van der Waals surface area contributed by atoms with Gasteiger partial charge >= 0.3 is 0 Å². The smallest absolute Gasteiger partial charge is 0.295 e. The fourth-order valence-electron chi connectivity index (χ4n) is 1.82. The van der Waals surface area contributed by atoms with Crippen molar-refractivity contribution in [2.75, 3.05) is 10.3 Å². The van der Waals surface area contributed by atoms with Crippen LogP contribution in [0.3, 0.4) is 0 Å². The zero-order valence-electron chi connectivity index (χ0n) is 10.7. The highest BCUT2D eigenvalue weighted by Gasteiger charge is 2.17. The predicted octanol–water partition coefficient (Wildman–Crippen LogP) is 2.83. The average molecular weight is 307 g/mol. The first kappa shape index (κ1) is 14.8. The van der Waals surface area contributed by atoms with Crippen molar-refractivity contribution < 1.29 is 9.72 Å². The fourth-order valence-corrected chi connectivity index (χ4v) is 1.94. The lowest BCUT2D eigenvalue weighted by atomic mass is 10.2. The molecule has 7 nitrogen and oxygen atoms in total. The summed E-state index contributed by atoms with van der Waals surface area (Å²) in [7, 11) is 0. The molecule has 3 N–H and O–H groups in total. The Morgan fingerprint density at radius 3 is 2.33 bits per heavy atom. The van der Waals surface area contributed by atoms with Gasteiger partial charge in [-0.15, -0.1) is 0 Å². The monoisotopic (exact) mass is 306 g/mol. The zero-order chi connectivity index (χ0) is 15.4. The number of hydrogen-bond acceptors (Lipinski definition) is 5. The highest BCUT2D eigenvalue weighted by molar-refractivity contribution is 6.30. The molecule has 0 atom stereocenters. The van der Waals surface area contributed by atoms with Crippen LogP contribution < -0.4 is 16.2 Å². The van der Waals surface area contributed by atoms with Gasteiger partial charge in [-0.25, -0.2) is 0 Å². The number of carbonyl (C=O) groups is 1. The molecule has 2 rings (SSSR count). The highest BCUT2D eigenvalue weighted by atomic mass is 35.5. The number of hydrazine groups is 1. The van der Waals surface area contributed by atoms with Crippen LogP contribution >= 0.6 is 11.6 Å². The number of benzene rings is 2. The molecule has 0 aliphatic heterocycles. The van der Waals surface area contributed by atoms with E-state index in [2.05, 4.69) is 5.43 Å². The average Bonchev–Trinajstić information content (AvgIpc) is 2.49. The number of nitrogens with two attached hydrogens (primary N) is 1. The van der Waals surface area contributed by atoms with E-state index in [4.69, 9.17) is 17.4 Å². The Labute approximate surface area is 125 Å². The minimum atomic E-state index is -0.580. The van der Waals surface area contributed by atoms with Crippen LogP contribution in [0.4, 0.5) is 22.7 Å². The number of nitrogens with zero attached hydrogens (tertiary/aromatic N) is 2. The molecule has 0 fully saturated rings. The lowest BCUT2D eigenvalue weighted by Crippen LogP contribution is -2.15. The molecule has 2 aromatic rings. The number of anilines is 3. The van der Waals surface area contributed by atoms with Gasteiger partial charge in [0.2, 0.25) is 6.41 Å². The van der Waals surface area contributed by atoms with Crippen LogP contribution in [0.2, 0.25) is 5.02 Å². The zero-order valence-corrected chi connectivity index (χ0v) is 11.4. The van der Waals surface area contributed by atoms with E-state index in [9.17, 15) is 14.9 Å². The second kappa shape index (κ2) is 6.21. The van der Waals surface area contributed by atoms with Gasteiger partial charge in [0, 0.05) is 16.8 Å². The van der Waals surface area contributed by atoms with Crippen molar-refractivity contribution in [3.63, 3.8) is 0 Å². The normalized spacial score (nSPS) is 10.0. The fraction of sp³-hybridized carbons (Fsp3) is 0. The van der Waals surface area contributed by atoms with Gasteiger partial charge in [0.25, 0.3) is 5.69 Å². The maximum atomic E-state index is 11.3. The number of nitrogens with one attached hydrogen (secondary N) is 1. The summed E-state index contributed by atoms with van der Waals surface area (Å²) in [4.78, 5) is 23.0. The van der Waals surface area contributed by atoms with Gasteiger partial charge in [0.05, 0.1) is 10.6 Å². The van der Waals surface area contributed by atoms with Crippen LogP contribution in [0.15, 0.2) is 42.5 Å². The third kappa shape index (κ3) is 3.10. The third-order valence-corrected chi connectivity index (χ3v) is 3.07. The number of amides is 1. The molecule has 0 aliphatic carbocycles. The number of halogens is 1. The summed E-state index contributed by atoms with van der Waals surface area (Å²) < 4.78 is 0. The molecule has 0 aliphatic rings. The summed E-state index contributed by atoms with van der Waals surface area (Å²) in [6.45, 7) is 0. The Kier molecular flexibility index (Phi) is 4.36. The Balaban J connectivity index is 2.47. The number of nitrogen functional groups attached to an aromatic ring is 1. The summed E-state index contributed by atoms with van der Waals surface area (Å²) in [6, 6.07) is 10.8. The first-order valence-electron chi connectivity index (χ1n) is 5.82. The molecule has 0 bridgehead atoms. The van der Waals surface area contributed by atoms with E-state index < -0.39 is 4.92 Å². The molecule has 21 heavy (non-hydrogen) atoms. The first-order valence-corrected chi connectivity index (χ1v) is 6.19. The molecule has 8 heteroatoms. The van der Waals surface area contributed by atoms with Gasteiger partial charge < -0.3 is 5.43 Å². The Morgan fingerprint density at radius 2 is 1.81 bits per heavy atom. The van der Waals surface area contributed by atoms with Crippen LogP contribution in [-0.2, 0) is 4.79 Å². The van der Waals surface area contributed by atoms with E-state index in [-0.39, 0.29) is 11.4 Å². The molecular weight excluding hydrogens is 296 g/mol. The van der Waals surface area contributed by atoms with Crippen LogP contribution in [0, 0.1) is 10.1 Å². The van der Waals surface area contributed by atoms with Crippen molar-refractivity contribution in [2.45, 2.75) is 0 Å². The molecule has 0 saturated carbocycles. The lowest BCUT2D eigenvalue weighted by molar-refractivity contribution is -0.383. The van der Waals surface area contributed by atoms with E-state index in [0.717, 1.165) is 0 Å². The molecule has 1 amide bonds. The van der Waals surface area contributed by atoms with E-state index >= 15 is 0 Å². The Hall–Kier alpha value is -2.64. The Bertz CT molecular complexity index is 676. The molecular formula is C13H11ClN4O3. The largest absolute Gasteiger partial charge is 0.318 e. The highest BCUT2D eigenvalue weighted by Crippen LogP contribution is 2.32. The van der Waals surface area contributed by atoms with Crippen LogP contribution in [0.25, 0.3) is 0 Å². The number of rotatable bonds is 5. The SMILES string of the molecule is NNc1ccc(N(C=O)c2ccc(Cl)cc2)cc1[N+](=O)[O-]. The minimum absolute atomic E-state index is 0.158. The maximum absolute atomic E-state index is 11.3. The van der Waals surface area contributed by atoms with Crippen molar-refractivity contribution >= 4 is 40.8 Å². The summed E-state index contributed by atoms with van der Waals surface area (Å²) in [5.41, 5.74) is 3.06. The van der Waals surface area contributed by atoms with E-state index in [1.807, 2.05) is 0 Å². The topological polar surface area (TPSA) is 102 Å². The van der Waals surface area contributed by atoms with E-state index in [1.165, 1.54) is 17.0 Å². The van der Waals surface area contributed by atoms with Gasteiger partial charge in [-0.3, -0.25) is 25.7 Å². The van der Waals surface area contributed by atoms with Gasteiger partial charge in [-0.2, -0.15) is 0 Å². The standard InChI is InChI=1S/C13H11ClN4O3/c14-9-1-3-10(4-2-9)17(8-19)11-5-6-12(16-15)13(7-11)18(20)21/h1-8,16H,15H2. The molecule has 0 spiro atoms. The van der Waals surface area contributed by atoms with Crippen LogP contribution in [-0.4, -0.2) is 11.3 Å². The van der Waals surface area contributed by atoms with Gasteiger partial charge in [0.15, 0.2) is 0 Å². The number of nitro groups is 1. The second-order valence-corrected chi connectivity index (χ2v) is 4.49. The lowest BCUT2D eigenvalue weighted by Gasteiger charge is -2.18.